The van der Waals surface area contributed by atoms with Crippen molar-refractivity contribution < 1.29 is 70.8 Å². The maximum absolute atomic E-state index is 12.2. The van der Waals surface area contributed by atoms with Gasteiger partial charge in [-0.25, -0.2) is 15.0 Å². The topological polar surface area (TPSA) is 320 Å². The molecule has 18 nitrogen and oxygen atoms in total. The number of furan rings is 1. The van der Waals surface area contributed by atoms with Gasteiger partial charge in [-0.05, 0) is 41.3 Å². The lowest BCUT2D eigenvalue weighted by atomic mass is 9.81. The Labute approximate surface area is 391 Å². The van der Waals surface area contributed by atoms with Crippen molar-refractivity contribution in [2.45, 2.75) is 6.42 Å². The minimum atomic E-state index is -1.38. The molecule has 0 saturated carbocycles. The van der Waals surface area contributed by atoms with E-state index in [-0.39, 0.29) is 27.5 Å². The molecule has 0 fully saturated rings. The van der Waals surface area contributed by atoms with Gasteiger partial charge < -0.3 is 70.8 Å². The fourth-order valence-corrected chi connectivity index (χ4v) is 9.21. The molecule has 18 heteroatoms. The van der Waals surface area contributed by atoms with Crippen LogP contribution in [0.3, 0.4) is 0 Å². The van der Waals surface area contributed by atoms with Crippen molar-refractivity contribution in [2.24, 2.45) is 0 Å². The molecule has 344 valence electrons. The molecular weight excluding hydrogens is 905 g/mol. The van der Waals surface area contributed by atoms with Crippen LogP contribution in [-0.2, 0) is 6.42 Å². The molecule has 1 aliphatic carbocycles. The van der Waals surface area contributed by atoms with E-state index in [4.69, 9.17) is 25.8 Å². The van der Waals surface area contributed by atoms with Crippen molar-refractivity contribution >= 4 is 49.3 Å². The van der Waals surface area contributed by atoms with Gasteiger partial charge in [-0.15, -0.1) is 6.42 Å². The highest BCUT2D eigenvalue weighted by Crippen LogP contribution is 2.62. The van der Waals surface area contributed by atoms with E-state index in [1.54, 1.807) is 36.3 Å². The quantitative estimate of drug-likeness (QED) is 0.0319. The molecule has 70 heavy (non-hydrogen) atoms. The molecule has 0 bridgehead atoms. The molecule has 11 rings (SSSR count). The highest BCUT2D eigenvalue weighted by molar-refractivity contribution is 6.25. The number of aromatic nitrogens is 4. The van der Waals surface area contributed by atoms with Crippen LogP contribution < -0.4 is 0 Å². The van der Waals surface area contributed by atoms with Gasteiger partial charge in [0.05, 0.1) is 0 Å². The predicted octanol–water partition coefficient (Wildman–Crippen LogP) is 9.38. The number of aliphatic hydroxyl groups is 3. The third kappa shape index (κ3) is 5.85. The van der Waals surface area contributed by atoms with Crippen LogP contribution in [0.15, 0.2) is 119 Å². The van der Waals surface area contributed by atoms with Crippen LogP contribution in [0.25, 0.3) is 100 Å². The number of aliphatic hydroxyl groups excluding tert-OH is 3. The Morgan fingerprint density at radius 2 is 1.01 bits per heavy atom. The standard InChI is InChI=1S/C52H32N4O14/c1-2-28(57)39(59)38(58)27-19-26-31(40(60)42(62)35-32(26)34-33(27)41(61)46(66)43(63)36(34)56(35)37-44(64)47(67)49(69)48(68)45(37)65)22-14-16-29-25(17-22)24-15-13-23(18-30(24)70-29)52-54-50(20-9-5-3-6-10-20)53-51(55-52)21-11-7-4-8-12-21/h1,3-18,57-69H,19H2/b38-27-,39-28-. The van der Waals surface area contributed by atoms with Crippen molar-refractivity contribution in [1.82, 2.24) is 19.5 Å². The number of benzene rings is 7. The first-order valence-electron chi connectivity index (χ1n) is 20.9. The maximum atomic E-state index is 12.2. The average Bonchev–Trinajstić information content (AvgIpc) is 3.93. The minimum absolute atomic E-state index is 0.0421. The zero-order chi connectivity index (χ0) is 49.2. The monoisotopic (exact) mass is 936 g/mol. The number of hydrogen-bond acceptors (Lipinski definition) is 17. The molecule has 0 amide bonds. The summed E-state index contributed by atoms with van der Waals surface area (Å²) in [5.41, 5.74) is -0.429. The molecule has 0 aliphatic heterocycles. The van der Waals surface area contributed by atoms with Crippen molar-refractivity contribution in [3.8, 4) is 121 Å². The first kappa shape index (κ1) is 42.2. The lowest BCUT2D eigenvalue weighted by Gasteiger charge is -2.23. The zero-order valence-corrected chi connectivity index (χ0v) is 35.5. The first-order valence-corrected chi connectivity index (χ1v) is 20.9. The second-order valence-corrected chi connectivity index (χ2v) is 16.3. The molecule has 0 spiro atoms. The van der Waals surface area contributed by atoms with Gasteiger partial charge in [-0.2, -0.15) is 0 Å². The Kier molecular flexibility index (Phi) is 9.09. The summed E-state index contributed by atoms with van der Waals surface area (Å²) in [7, 11) is 0. The van der Waals surface area contributed by atoms with Gasteiger partial charge in [0.25, 0.3) is 0 Å². The van der Waals surface area contributed by atoms with Gasteiger partial charge in [-0.3, -0.25) is 4.57 Å². The van der Waals surface area contributed by atoms with Crippen LogP contribution in [0.2, 0.25) is 0 Å². The van der Waals surface area contributed by atoms with Crippen molar-refractivity contribution in [2.75, 3.05) is 0 Å². The fraction of sp³-hybridized carbons (Fsp3) is 0.0192. The molecule has 0 saturated heterocycles. The SMILES string of the molecule is C#C/C(O)=C(O)\C(O)=C1/Cc2c(-c3ccc4oc5cc(-c6nc(-c7ccccc7)nc(-c7ccccc7)n6)ccc5c4c3)c(O)c(O)c3c2c2c1c(O)c(O)c(O)c2n3-c1c(O)c(O)c(O)c(O)c1O. The van der Waals surface area contributed by atoms with Crippen molar-refractivity contribution in [1.29, 1.82) is 0 Å². The van der Waals surface area contributed by atoms with Gasteiger partial charge in [0.1, 0.15) is 27.9 Å². The van der Waals surface area contributed by atoms with E-state index in [1.807, 2.05) is 60.7 Å². The smallest absolute Gasteiger partial charge is 0.213 e. The summed E-state index contributed by atoms with van der Waals surface area (Å²) in [5.74, 6) is -12.9. The average molecular weight is 937 g/mol. The molecular formula is C52H32N4O14. The number of aromatic hydroxyl groups is 10. The molecule has 0 atom stereocenters. The maximum Gasteiger partial charge on any atom is 0.213 e. The van der Waals surface area contributed by atoms with E-state index in [1.165, 1.54) is 6.07 Å². The number of terminal acetylenes is 1. The number of phenols is 10. The van der Waals surface area contributed by atoms with Crippen LogP contribution in [-0.4, -0.2) is 85.9 Å². The molecule has 10 aromatic rings. The summed E-state index contributed by atoms with van der Waals surface area (Å²) in [6.45, 7) is 0. The Morgan fingerprint density at radius 1 is 0.500 bits per heavy atom. The number of phenolic OH excluding ortho intramolecular Hbond substituents is 10. The normalized spacial score (nSPS) is 13.4. The van der Waals surface area contributed by atoms with E-state index in [0.29, 0.717) is 49.5 Å². The molecule has 3 heterocycles. The van der Waals surface area contributed by atoms with Gasteiger partial charge in [-0.1, -0.05) is 72.8 Å². The van der Waals surface area contributed by atoms with Gasteiger partial charge in [0, 0.05) is 61.4 Å². The van der Waals surface area contributed by atoms with E-state index in [2.05, 4.69) is 0 Å². The number of rotatable bonds is 6. The van der Waals surface area contributed by atoms with E-state index < -0.39 is 109 Å². The summed E-state index contributed by atoms with van der Waals surface area (Å²) >= 11 is 0. The molecule has 0 radical (unpaired) electrons. The summed E-state index contributed by atoms with van der Waals surface area (Å²) in [6.07, 6.45) is 4.68. The lowest BCUT2D eigenvalue weighted by Crippen LogP contribution is -2.07. The third-order valence-corrected chi connectivity index (χ3v) is 12.4. The summed E-state index contributed by atoms with van der Waals surface area (Å²) in [5, 5.41) is 146. The Bertz CT molecular complexity index is 3990. The summed E-state index contributed by atoms with van der Waals surface area (Å²) in [4.78, 5) is 14.4. The minimum Gasteiger partial charge on any atom is -0.504 e. The largest absolute Gasteiger partial charge is 0.504 e. The zero-order valence-electron chi connectivity index (χ0n) is 35.5. The Morgan fingerprint density at radius 3 is 1.61 bits per heavy atom. The van der Waals surface area contributed by atoms with Crippen LogP contribution in [0, 0.1) is 12.3 Å². The molecule has 1 aliphatic rings. The highest BCUT2D eigenvalue weighted by Gasteiger charge is 2.40. The number of nitrogens with zero attached hydrogens (tertiary/aromatic N) is 4. The Balaban J connectivity index is 1.18. The van der Waals surface area contributed by atoms with E-state index in [9.17, 15) is 66.4 Å². The van der Waals surface area contributed by atoms with Crippen molar-refractivity contribution in [3.05, 3.63) is 125 Å². The first-order chi connectivity index (χ1) is 33.6. The number of allylic oxidation sites excluding steroid dienone is 2. The summed E-state index contributed by atoms with van der Waals surface area (Å²) < 4.78 is 6.96. The second kappa shape index (κ2) is 15.1. The number of hydrogen-bond donors (Lipinski definition) is 13. The van der Waals surface area contributed by atoms with Crippen LogP contribution >= 0.6 is 0 Å². The van der Waals surface area contributed by atoms with Crippen LogP contribution in [0.4, 0.5) is 0 Å². The third-order valence-electron chi connectivity index (χ3n) is 12.4. The molecule has 7 aromatic carbocycles. The predicted molar refractivity (Wildman–Crippen MR) is 254 cm³/mol. The van der Waals surface area contributed by atoms with Gasteiger partial charge in [0.15, 0.2) is 57.7 Å². The second-order valence-electron chi connectivity index (χ2n) is 16.3. The van der Waals surface area contributed by atoms with E-state index >= 15 is 0 Å². The molecule has 13 N–H and O–H groups in total. The van der Waals surface area contributed by atoms with Crippen molar-refractivity contribution in [3.63, 3.8) is 0 Å². The van der Waals surface area contributed by atoms with Gasteiger partial charge >= 0.3 is 0 Å². The van der Waals surface area contributed by atoms with Crippen LogP contribution in [0.1, 0.15) is 11.1 Å². The van der Waals surface area contributed by atoms with E-state index in [0.717, 1.165) is 11.1 Å². The number of fused-ring (bicyclic) bond motifs is 3. The molecule has 0 unspecified atom stereocenters. The van der Waals surface area contributed by atoms with Gasteiger partial charge in [0.2, 0.25) is 34.5 Å². The molecule has 3 aromatic heterocycles. The summed E-state index contributed by atoms with van der Waals surface area (Å²) in [6, 6.07) is 28.9. The fourth-order valence-electron chi connectivity index (χ4n) is 9.21. The van der Waals surface area contributed by atoms with Crippen LogP contribution in [0.5, 0.6) is 57.5 Å². The lowest BCUT2D eigenvalue weighted by molar-refractivity contribution is 0.294. The highest BCUT2D eigenvalue weighted by atomic mass is 16.4. The Hall–Kier alpha value is -10.4.